The van der Waals surface area contributed by atoms with Gasteiger partial charge in [0.15, 0.2) is 0 Å². The predicted molar refractivity (Wildman–Crippen MR) is 98.5 cm³/mol. The molecule has 0 saturated carbocycles. The lowest BCUT2D eigenvalue weighted by atomic mass is 10.0. The van der Waals surface area contributed by atoms with Gasteiger partial charge in [-0.15, -0.1) is 0 Å². The van der Waals surface area contributed by atoms with E-state index in [0.29, 0.717) is 17.8 Å². The number of nitrogens with zero attached hydrogens (tertiary/aromatic N) is 4. The molecular formula is C20H24N4O2. The summed E-state index contributed by atoms with van der Waals surface area (Å²) >= 11 is 0. The monoisotopic (exact) mass is 352 g/mol. The van der Waals surface area contributed by atoms with Gasteiger partial charge >= 0.3 is 0 Å². The summed E-state index contributed by atoms with van der Waals surface area (Å²) in [5.74, 6) is 0.770. The molecule has 0 spiro atoms. The van der Waals surface area contributed by atoms with Crippen LogP contribution in [0.3, 0.4) is 0 Å². The first kappa shape index (κ1) is 17.9. The number of aryl methyl sites for hydroxylation is 3. The summed E-state index contributed by atoms with van der Waals surface area (Å²) in [6.45, 7) is 4.31. The summed E-state index contributed by atoms with van der Waals surface area (Å²) in [7, 11) is 1.93. The van der Waals surface area contributed by atoms with Gasteiger partial charge in [-0.05, 0) is 32.3 Å². The molecule has 1 aromatic carbocycles. The lowest BCUT2D eigenvalue weighted by Crippen LogP contribution is -2.39. The summed E-state index contributed by atoms with van der Waals surface area (Å²) < 4.78 is 6.90. The van der Waals surface area contributed by atoms with Gasteiger partial charge in [-0.2, -0.15) is 0 Å². The Kier molecular flexibility index (Phi) is 5.51. The first-order valence-electron chi connectivity index (χ1n) is 8.78. The fraction of sp³-hybridized carbons (Fsp3) is 0.350. The van der Waals surface area contributed by atoms with Gasteiger partial charge in [0.2, 0.25) is 0 Å². The van der Waals surface area contributed by atoms with Crippen molar-refractivity contribution < 1.29 is 9.32 Å². The smallest absolute Gasteiger partial charge is 0.259 e. The number of hydrogen-bond acceptors (Lipinski definition) is 4. The molecule has 0 fully saturated rings. The average Bonchev–Trinajstić information content (AvgIpc) is 3.26. The molecule has 2 heterocycles. The molecule has 0 bridgehead atoms. The van der Waals surface area contributed by atoms with Crippen LogP contribution in [0, 0.1) is 6.92 Å². The SMILES string of the molecule is Cc1nocc1C(=O)N(Cc1nccn1C)[C@@H](C)CCc1ccccc1. The van der Waals surface area contributed by atoms with E-state index < -0.39 is 0 Å². The normalized spacial score (nSPS) is 12.1. The van der Waals surface area contributed by atoms with Crippen LogP contribution in [0.4, 0.5) is 0 Å². The van der Waals surface area contributed by atoms with Crippen molar-refractivity contribution in [2.75, 3.05) is 0 Å². The van der Waals surface area contributed by atoms with E-state index in [2.05, 4.69) is 29.2 Å². The van der Waals surface area contributed by atoms with Crippen molar-refractivity contribution in [1.82, 2.24) is 19.6 Å². The predicted octanol–water partition coefficient (Wildman–Crippen LogP) is 3.38. The zero-order valence-corrected chi connectivity index (χ0v) is 15.4. The second kappa shape index (κ2) is 7.99. The quantitative estimate of drug-likeness (QED) is 0.654. The maximum Gasteiger partial charge on any atom is 0.259 e. The van der Waals surface area contributed by atoms with Crippen LogP contribution >= 0.6 is 0 Å². The zero-order valence-electron chi connectivity index (χ0n) is 15.4. The third-order valence-corrected chi connectivity index (χ3v) is 4.70. The Bertz CT molecular complexity index is 854. The summed E-state index contributed by atoms with van der Waals surface area (Å²) in [5.41, 5.74) is 2.38. The lowest BCUT2D eigenvalue weighted by molar-refractivity contribution is 0.0658. The van der Waals surface area contributed by atoms with E-state index in [1.54, 1.807) is 13.1 Å². The van der Waals surface area contributed by atoms with Crippen LogP contribution < -0.4 is 0 Å². The largest absolute Gasteiger partial charge is 0.364 e. The van der Waals surface area contributed by atoms with Gasteiger partial charge < -0.3 is 14.0 Å². The number of aromatic nitrogens is 3. The van der Waals surface area contributed by atoms with E-state index in [1.165, 1.54) is 11.8 Å². The number of imidazole rings is 1. The first-order valence-corrected chi connectivity index (χ1v) is 8.78. The Morgan fingerprint density at radius 1 is 1.31 bits per heavy atom. The van der Waals surface area contributed by atoms with E-state index in [1.807, 2.05) is 40.9 Å². The second-order valence-electron chi connectivity index (χ2n) is 6.57. The summed E-state index contributed by atoms with van der Waals surface area (Å²) in [6, 6.07) is 10.4. The number of benzene rings is 1. The molecule has 136 valence electrons. The fourth-order valence-electron chi connectivity index (χ4n) is 2.96. The molecule has 0 saturated heterocycles. The van der Waals surface area contributed by atoms with E-state index >= 15 is 0 Å². The Balaban J connectivity index is 1.78. The molecule has 6 heteroatoms. The topological polar surface area (TPSA) is 64.2 Å². The van der Waals surface area contributed by atoms with Gasteiger partial charge in [-0.25, -0.2) is 4.98 Å². The minimum absolute atomic E-state index is 0.0497. The van der Waals surface area contributed by atoms with Gasteiger partial charge in [0.25, 0.3) is 5.91 Å². The second-order valence-corrected chi connectivity index (χ2v) is 6.57. The minimum Gasteiger partial charge on any atom is -0.364 e. The van der Waals surface area contributed by atoms with E-state index in [-0.39, 0.29) is 11.9 Å². The maximum absolute atomic E-state index is 13.1. The van der Waals surface area contributed by atoms with E-state index in [9.17, 15) is 4.79 Å². The molecular weight excluding hydrogens is 328 g/mol. The number of amides is 1. The van der Waals surface area contributed by atoms with Crippen molar-refractivity contribution in [2.45, 2.75) is 39.3 Å². The van der Waals surface area contributed by atoms with Gasteiger partial charge in [0, 0.05) is 25.5 Å². The molecule has 2 aromatic heterocycles. The molecule has 3 rings (SSSR count). The number of hydrogen-bond donors (Lipinski definition) is 0. The van der Waals surface area contributed by atoms with Gasteiger partial charge in [0.05, 0.1) is 12.2 Å². The van der Waals surface area contributed by atoms with Crippen LogP contribution in [-0.4, -0.2) is 31.6 Å². The van der Waals surface area contributed by atoms with Crippen LogP contribution in [0.1, 0.15) is 40.8 Å². The summed E-state index contributed by atoms with van der Waals surface area (Å²) in [6.07, 6.45) is 6.83. The van der Waals surface area contributed by atoms with Crippen LogP contribution in [0.15, 0.2) is 53.5 Å². The van der Waals surface area contributed by atoms with Crippen molar-refractivity contribution in [3.63, 3.8) is 0 Å². The van der Waals surface area contributed by atoms with Crippen molar-refractivity contribution in [3.05, 3.63) is 71.6 Å². The molecule has 6 nitrogen and oxygen atoms in total. The first-order chi connectivity index (χ1) is 12.6. The standard InChI is InChI=1S/C20H24N4O2/c1-15(9-10-17-7-5-4-6-8-17)24(13-19-21-11-12-23(19)3)20(25)18-14-26-22-16(18)2/h4-8,11-12,14-15H,9-10,13H2,1-3H3/t15-/m0/s1. The average molecular weight is 352 g/mol. The molecule has 3 aromatic rings. The van der Waals surface area contributed by atoms with Gasteiger partial charge in [-0.1, -0.05) is 35.5 Å². The van der Waals surface area contributed by atoms with E-state index in [4.69, 9.17) is 4.52 Å². The highest BCUT2D eigenvalue weighted by Crippen LogP contribution is 2.18. The molecule has 26 heavy (non-hydrogen) atoms. The molecule has 0 aliphatic rings. The van der Waals surface area contributed by atoms with Crippen molar-refractivity contribution in [2.24, 2.45) is 7.05 Å². The van der Waals surface area contributed by atoms with Gasteiger partial charge in [-0.3, -0.25) is 4.79 Å². The Labute approximate surface area is 153 Å². The molecule has 0 radical (unpaired) electrons. The van der Waals surface area contributed by atoms with Crippen molar-refractivity contribution in [1.29, 1.82) is 0 Å². The number of rotatable bonds is 7. The number of carbonyl (C=O) groups excluding carboxylic acids is 1. The van der Waals surface area contributed by atoms with Crippen LogP contribution in [-0.2, 0) is 20.0 Å². The molecule has 0 N–H and O–H groups in total. The van der Waals surface area contributed by atoms with Crippen LogP contribution in [0.25, 0.3) is 0 Å². The van der Waals surface area contributed by atoms with Crippen LogP contribution in [0.2, 0.25) is 0 Å². The van der Waals surface area contributed by atoms with Crippen molar-refractivity contribution >= 4 is 5.91 Å². The van der Waals surface area contributed by atoms with Crippen LogP contribution in [0.5, 0.6) is 0 Å². The Morgan fingerprint density at radius 3 is 2.69 bits per heavy atom. The molecule has 0 unspecified atom stereocenters. The zero-order chi connectivity index (χ0) is 18.5. The maximum atomic E-state index is 13.1. The van der Waals surface area contributed by atoms with Crippen molar-refractivity contribution in [3.8, 4) is 0 Å². The lowest BCUT2D eigenvalue weighted by Gasteiger charge is -2.29. The Morgan fingerprint density at radius 2 is 2.08 bits per heavy atom. The minimum atomic E-state index is -0.0766. The van der Waals surface area contributed by atoms with Gasteiger partial charge in [0.1, 0.15) is 17.7 Å². The third-order valence-electron chi connectivity index (χ3n) is 4.70. The molecule has 1 atom stereocenters. The summed E-state index contributed by atoms with van der Waals surface area (Å²) in [5, 5.41) is 3.84. The highest BCUT2D eigenvalue weighted by Gasteiger charge is 2.26. The third kappa shape index (κ3) is 4.02. The number of carbonyl (C=O) groups is 1. The Hall–Kier alpha value is -2.89. The molecule has 0 aliphatic heterocycles. The summed E-state index contributed by atoms with van der Waals surface area (Å²) in [4.78, 5) is 19.3. The highest BCUT2D eigenvalue weighted by molar-refractivity contribution is 5.95. The molecule has 0 aliphatic carbocycles. The highest BCUT2D eigenvalue weighted by atomic mass is 16.5. The fourth-order valence-corrected chi connectivity index (χ4v) is 2.96. The molecule has 1 amide bonds. The van der Waals surface area contributed by atoms with E-state index in [0.717, 1.165) is 18.7 Å².